The standard InChI is InChI=1S/2C22H25.C2H7Si.Zr/c2*1-4-8-18-9-5-6-11-20(18)21-12-7-10-19-14-17(13-16(2)3)15-22(19)21;1-3-2;/h2*5-7,9-12,14-16H,4,8,13H2,1-3H3;3H,1-2H3;. The molecule has 2 unspecified atom stereocenters. The molecule has 2 atom stereocenters. The second kappa shape index (κ2) is 15.6. The molecule has 0 bridgehead atoms. The van der Waals surface area contributed by atoms with Gasteiger partial charge in [-0.2, -0.15) is 0 Å². The topological polar surface area (TPSA) is 0 Å². The number of aryl methyl sites for hydroxylation is 2. The van der Waals surface area contributed by atoms with Crippen LogP contribution >= 0.6 is 0 Å². The summed E-state index contributed by atoms with van der Waals surface area (Å²) in [5.74, 6) is 0.333. The van der Waals surface area contributed by atoms with Crippen molar-refractivity contribution in [2.75, 3.05) is 0 Å². The van der Waals surface area contributed by atoms with E-state index in [9.17, 15) is 0 Å². The second-order valence-electron chi connectivity index (χ2n) is 15.6. The van der Waals surface area contributed by atoms with Crippen LogP contribution in [0.15, 0.2) is 96.1 Å². The Morgan fingerprint density at radius 1 is 0.542 bits per heavy atom. The molecule has 0 nitrogen and oxygen atoms in total. The number of allylic oxidation sites excluding steroid dienone is 2. The second-order valence-corrected chi connectivity index (χ2v) is 35.7. The molecule has 0 amide bonds. The number of rotatable bonds is 13. The number of hydrogen-bond acceptors (Lipinski definition) is 0. The molecule has 2 heteroatoms. The van der Waals surface area contributed by atoms with Gasteiger partial charge in [-0.25, -0.2) is 0 Å². The van der Waals surface area contributed by atoms with Crippen molar-refractivity contribution in [3.63, 3.8) is 0 Å². The first-order valence-electron chi connectivity index (χ1n) is 18.9. The molecule has 48 heavy (non-hydrogen) atoms. The van der Waals surface area contributed by atoms with Gasteiger partial charge in [-0.15, -0.1) is 0 Å². The van der Waals surface area contributed by atoms with E-state index in [1.54, 1.807) is 33.4 Å². The van der Waals surface area contributed by atoms with Gasteiger partial charge in [0, 0.05) is 0 Å². The summed E-state index contributed by atoms with van der Waals surface area (Å²) < 4.78 is 1.33. The summed E-state index contributed by atoms with van der Waals surface area (Å²) in [6, 6.07) is 33.2. The zero-order valence-electron chi connectivity index (χ0n) is 30.9. The Kier molecular flexibility index (Phi) is 11.4. The molecule has 0 heterocycles. The van der Waals surface area contributed by atoms with E-state index in [4.69, 9.17) is 0 Å². The predicted molar refractivity (Wildman–Crippen MR) is 211 cm³/mol. The summed E-state index contributed by atoms with van der Waals surface area (Å²) >= 11 is -2.24. The van der Waals surface area contributed by atoms with Gasteiger partial charge in [0.1, 0.15) is 0 Å². The summed E-state index contributed by atoms with van der Waals surface area (Å²) in [5.41, 5.74) is 18.8. The molecule has 0 saturated carbocycles. The Hall–Kier alpha value is -2.54. The summed E-state index contributed by atoms with van der Waals surface area (Å²) in [7, 11) is 0. The third kappa shape index (κ3) is 7.04. The third-order valence-electron chi connectivity index (χ3n) is 10.6. The fourth-order valence-corrected chi connectivity index (χ4v) is 31.6. The van der Waals surface area contributed by atoms with E-state index >= 15 is 0 Å². The number of benzene rings is 4. The average molecular weight is 729 g/mol. The van der Waals surface area contributed by atoms with E-state index in [-0.39, 0.29) is 0 Å². The van der Waals surface area contributed by atoms with Gasteiger partial charge in [-0.1, -0.05) is 0 Å². The van der Waals surface area contributed by atoms with Gasteiger partial charge in [-0.05, 0) is 0 Å². The molecule has 0 N–H and O–H groups in total. The van der Waals surface area contributed by atoms with Gasteiger partial charge in [0.25, 0.3) is 0 Å². The summed E-state index contributed by atoms with van der Waals surface area (Å²) in [6.45, 7) is 19.8. The summed E-state index contributed by atoms with van der Waals surface area (Å²) in [4.78, 5) is 0. The van der Waals surface area contributed by atoms with Crippen molar-refractivity contribution in [1.82, 2.24) is 0 Å². The van der Waals surface area contributed by atoms with Crippen LogP contribution in [0.25, 0.3) is 34.4 Å². The minimum atomic E-state index is -2.24. The normalized spacial score (nSPS) is 16.8. The Morgan fingerprint density at radius 3 is 1.31 bits per heavy atom. The van der Waals surface area contributed by atoms with Crippen LogP contribution in [0.2, 0.25) is 13.1 Å². The first kappa shape index (κ1) is 35.3. The van der Waals surface area contributed by atoms with Gasteiger partial charge < -0.3 is 0 Å². The van der Waals surface area contributed by atoms with Crippen LogP contribution in [0.5, 0.6) is 0 Å². The Balaban J connectivity index is 1.54. The number of hydrogen-bond donors (Lipinski definition) is 0. The molecule has 0 aliphatic heterocycles. The van der Waals surface area contributed by atoms with Crippen LogP contribution in [0, 0.1) is 11.8 Å². The molecule has 0 fully saturated rings. The third-order valence-corrected chi connectivity index (χ3v) is 32.3. The van der Waals surface area contributed by atoms with Crippen molar-refractivity contribution in [2.24, 2.45) is 11.8 Å². The molecular weight excluding hydrogens is 672 g/mol. The van der Waals surface area contributed by atoms with Crippen LogP contribution in [0.4, 0.5) is 0 Å². The predicted octanol–water partition coefficient (Wildman–Crippen LogP) is 13.2. The van der Waals surface area contributed by atoms with Crippen molar-refractivity contribution >= 4 is 18.1 Å². The van der Waals surface area contributed by atoms with Crippen LogP contribution in [-0.2, 0) is 33.8 Å². The molecular formula is C46H57SiZr. The van der Waals surface area contributed by atoms with E-state index in [0.29, 0.717) is 19.1 Å². The molecule has 0 aromatic heterocycles. The zero-order chi connectivity index (χ0) is 33.9. The molecule has 249 valence electrons. The van der Waals surface area contributed by atoms with E-state index in [1.165, 1.54) is 59.1 Å². The van der Waals surface area contributed by atoms with Gasteiger partial charge in [-0.3, -0.25) is 0 Å². The Labute approximate surface area is 301 Å². The maximum atomic E-state index is 2.73. The van der Waals surface area contributed by atoms with Crippen LogP contribution in [0.1, 0.15) is 108 Å². The van der Waals surface area contributed by atoms with Crippen molar-refractivity contribution in [2.45, 2.75) is 100 Å². The van der Waals surface area contributed by atoms with Crippen molar-refractivity contribution in [3.8, 4) is 22.3 Å². The van der Waals surface area contributed by atoms with Gasteiger partial charge >= 0.3 is 303 Å². The van der Waals surface area contributed by atoms with Crippen LogP contribution in [-0.4, -0.2) is 5.92 Å². The first-order valence-corrected chi connectivity index (χ1v) is 28.9. The molecule has 2 aliphatic carbocycles. The molecule has 2 aliphatic rings. The summed E-state index contributed by atoms with van der Waals surface area (Å²) in [6.07, 6.45) is 12.5. The Morgan fingerprint density at radius 2 is 0.938 bits per heavy atom. The van der Waals surface area contributed by atoms with Crippen LogP contribution in [0.3, 0.4) is 0 Å². The first-order chi connectivity index (χ1) is 23.2. The SMILES string of the molecule is CCCc1ccccc1-c1cccc2c1C=C(CC(C)C)[CH]2[Zr]([CH]1C(CC(C)C)=Cc2c(-c3ccccc3CCC)cccc21)[SiH](C)C. The number of fused-ring (bicyclic) bond motifs is 2. The molecule has 4 aromatic carbocycles. The van der Waals surface area contributed by atoms with Crippen molar-refractivity contribution < 1.29 is 20.9 Å². The van der Waals surface area contributed by atoms with Crippen molar-refractivity contribution in [3.05, 3.63) is 129 Å². The molecule has 4 aromatic rings. The maximum absolute atomic E-state index is 2.73. The summed E-state index contributed by atoms with van der Waals surface area (Å²) in [5, 5.41) is 0. The minimum absolute atomic E-state index is 0.658. The van der Waals surface area contributed by atoms with E-state index in [0.717, 1.165) is 12.8 Å². The fraction of sp³-hybridized carbons (Fsp3) is 0.391. The van der Waals surface area contributed by atoms with Gasteiger partial charge in [0.15, 0.2) is 0 Å². The van der Waals surface area contributed by atoms with E-state index < -0.39 is 26.8 Å². The monoisotopic (exact) mass is 727 g/mol. The molecule has 0 saturated heterocycles. The molecule has 0 spiro atoms. The van der Waals surface area contributed by atoms with Gasteiger partial charge in [0.2, 0.25) is 0 Å². The zero-order valence-corrected chi connectivity index (χ0v) is 34.5. The molecule has 0 radical (unpaired) electrons. The average Bonchev–Trinajstić information content (AvgIpc) is 3.59. The van der Waals surface area contributed by atoms with Crippen molar-refractivity contribution in [1.29, 1.82) is 0 Å². The van der Waals surface area contributed by atoms with Crippen LogP contribution < -0.4 is 0 Å². The van der Waals surface area contributed by atoms with Gasteiger partial charge in [0.05, 0.1) is 0 Å². The quantitative estimate of drug-likeness (QED) is 0.120. The molecule has 6 rings (SSSR count). The Bertz CT molecular complexity index is 1680. The van der Waals surface area contributed by atoms with E-state index in [2.05, 4.69) is 152 Å². The fourth-order valence-electron chi connectivity index (χ4n) is 8.86. The van der Waals surface area contributed by atoms with E-state index in [1.807, 2.05) is 0 Å².